The third kappa shape index (κ3) is 3.30. The maximum absolute atomic E-state index is 6.37. The van der Waals surface area contributed by atoms with Crippen molar-refractivity contribution in [2.24, 2.45) is 12.8 Å². The summed E-state index contributed by atoms with van der Waals surface area (Å²) in [4.78, 5) is 0. The molecule has 0 bridgehead atoms. The summed E-state index contributed by atoms with van der Waals surface area (Å²) < 4.78 is 2.92. The fourth-order valence-electron chi connectivity index (χ4n) is 2.16. The van der Waals surface area contributed by atoms with Crippen LogP contribution in [0.5, 0.6) is 0 Å². The second-order valence-electron chi connectivity index (χ2n) is 4.66. The van der Waals surface area contributed by atoms with Crippen LogP contribution in [0, 0.1) is 3.57 Å². The van der Waals surface area contributed by atoms with Gasteiger partial charge in [0.2, 0.25) is 0 Å². The van der Waals surface area contributed by atoms with E-state index in [1.54, 1.807) is 0 Å². The number of aryl methyl sites for hydroxylation is 2. The number of aromatic nitrogens is 2. The summed E-state index contributed by atoms with van der Waals surface area (Å²) in [6.07, 6.45) is 1.45. The highest BCUT2D eigenvalue weighted by atomic mass is 127. The number of hydrogen-bond donors (Lipinski definition) is 1. The normalized spacial score (nSPS) is 12.7. The Labute approximate surface area is 142 Å². The van der Waals surface area contributed by atoms with Crippen LogP contribution in [0.2, 0.25) is 10.0 Å². The van der Waals surface area contributed by atoms with Crippen LogP contribution in [-0.2, 0) is 19.9 Å². The lowest BCUT2D eigenvalue weighted by Crippen LogP contribution is -2.17. The molecule has 108 valence electrons. The van der Waals surface area contributed by atoms with Gasteiger partial charge in [-0.3, -0.25) is 4.68 Å². The van der Waals surface area contributed by atoms with Gasteiger partial charge in [0.25, 0.3) is 0 Å². The van der Waals surface area contributed by atoms with Crippen LogP contribution in [0.4, 0.5) is 0 Å². The first-order valence-electron chi connectivity index (χ1n) is 6.34. The molecular weight excluding hydrogens is 408 g/mol. The molecule has 1 unspecified atom stereocenters. The molecule has 0 spiro atoms. The van der Waals surface area contributed by atoms with E-state index in [-0.39, 0.29) is 6.04 Å². The molecule has 0 amide bonds. The van der Waals surface area contributed by atoms with E-state index in [0.29, 0.717) is 11.4 Å². The highest BCUT2D eigenvalue weighted by Crippen LogP contribution is 2.28. The van der Waals surface area contributed by atoms with Gasteiger partial charge in [-0.05, 0) is 52.8 Å². The molecule has 3 nitrogen and oxygen atoms in total. The number of hydrogen-bond acceptors (Lipinski definition) is 2. The molecule has 0 radical (unpaired) electrons. The first-order chi connectivity index (χ1) is 9.43. The molecular formula is C14H16Cl2IN3. The number of nitrogens with two attached hydrogens (primary N) is 1. The Morgan fingerprint density at radius 1 is 1.40 bits per heavy atom. The second-order valence-corrected chi connectivity index (χ2v) is 6.64. The molecule has 2 N–H and O–H groups in total. The minimum Gasteiger partial charge on any atom is -0.324 e. The predicted octanol–water partition coefficient (Wildman–Crippen LogP) is 4.14. The zero-order chi connectivity index (χ0) is 14.9. The maximum Gasteiger partial charge on any atom is 0.0850 e. The highest BCUT2D eigenvalue weighted by molar-refractivity contribution is 14.1. The summed E-state index contributed by atoms with van der Waals surface area (Å²) in [5, 5.41) is 5.84. The number of rotatable bonds is 4. The Hall–Kier alpha value is -0.300. The molecule has 0 saturated heterocycles. The van der Waals surface area contributed by atoms with Gasteiger partial charge >= 0.3 is 0 Å². The summed E-state index contributed by atoms with van der Waals surface area (Å²) in [5.41, 5.74) is 9.24. The van der Waals surface area contributed by atoms with Gasteiger partial charge in [0.1, 0.15) is 0 Å². The van der Waals surface area contributed by atoms with E-state index in [2.05, 4.69) is 27.7 Å². The molecule has 0 saturated carbocycles. The molecule has 2 rings (SSSR count). The molecule has 2 aromatic rings. The molecule has 6 heteroatoms. The molecule has 20 heavy (non-hydrogen) atoms. The van der Waals surface area contributed by atoms with E-state index in [9.17, 15) is 0 Å². The second kappa shape index (κ2) is 6.64. The topological polar surface area (TPSA) is 43.8 Å². The van der Waals surface area contributed by atoms with Crippen molar-refractivity contribution in [1.82, 2.24) is 9.78 Å². The number of nitrogens with zero attached hydrogens (tertiary/aromatic N) is 2. The van der Waals surface area contributed by atoms with E-state index < -0.39 is 0 Å². The van der Waals surface area contributed by atoms with Crippen molar-refractivity contribution in [3.63, 3.8) is 0 Å². The van der Waals surface area contributed by atoms with Crippen molar-refractivity contribution < 1.29 is 0 Å². The van der Waals surface area contributed by atoms with Gasteiger partial charge < -0.3 is 5.73 Å². The lowest BCUT2D eigenvalue weighted by atomic mass is 10.0. The van der Waals surface area contributed by atoms with Crippen molar-refractivity contribution >= 4 is 45.8 Å². The average molecular weight is 424 g/mol. The average Bonchev–Trinajstić information content (AvgIpc) is 2.68. The number of halogens is 3. The predicted molar refractivity (Wildman–Crippen MR) is 92.4 cm³/mol. The monoisotopic (exact) mass is 423 g/mol. The lowest BCUT2D eigenvalue weighted by molar-refractivity contribution is 0.636. The summed E-state index contributed by atoms with van der Waals surface area (Å²) >= 11 is 14.7. The van der Waals surface area contributed by atoms with Crippen LogP contribution >= 0.6 is 45.8 Å². The summed E-state index contributed by atoms with van der Waals surface area (Å²) in [6, 6.07) is 5.60. The van der Waals surface area contributed by atoms with Crippen LogP contribution in [-0.4, -0.2) is 9.78 Å². The van der Waals surface area contributed by atoms with Gasteiger partial charge in [-0.25, -0.2) is 0 Å². The molecule has 1 atom stereocenters. The zero-order valence-corrected chi connectivity index (χ0v) is 15.0. The van der Waals surface area contributed by atoms with E-state index >= 15 is 0 Å². The third-order valence-electron chi connectivity index (χ3n) is 3.27. The first kappa shape index (κ1) is 16.1. The van der Waals surface area contributed by atoms with Crippen LogP contribution in [0.1, 0.15) is 29.9 Å². The van der Waals surface area contributed by atoms with Gasteiger partial charge in [0, 0.05) is 28.1 Å². The minimum absolute atomic E-state index is 0.154. The van der Waals surface area contributed by atoms with Gasteiger partial charge in [-0.1, -0.05) is 30.1 Å². The van der Waals surface area contributed by atoms with Gasteiger partial charge in [0.05, 0.1) is 16.4 Å². The first-order valence-corrected chi connectivity index (χ1v) is 8.18. The van der Waals surface area contributed by atoms with E-state index in [0.717, 1.165) is 32.0 Å². The van der Waals surface area contributed by atoms with Crippen molar-refractivity contribution in [1.29, 1.82) is 0 Å². The molecule has 0 fully saturated rings. The smallest absolute Gasteiger partial charge is 0.0850 e. The Balaban J connectivity index is 2.30. The van der Waals surface area contributed by atoms with E-state index in [1.165, 1.54) is 0 Å². The Morgan fingerprint density at radius 3 is 2.70 bits per heavy atom. The Bertz CT molecular complexity index is 625. The van der Waals surface area contributed by atoms with Gasteiger partial charge in [-0.2, -0.15) is 5.10 Å². The van der Waals surface area contributed by atoms with E-state index in [4.69, 9.17) is 28.9 Å². The van der Waals surface area contributed by atoms with Gasteiger partial charge in [-0.15, -0.1) is 0 Å². The van der Waals surface area contributed by atoms with Crippen molar-refractivity contribution in [2.75, 3.05) is 0 Å². The zero-order valence-electron chi connectivity index (χ0n) is 11.3. The summed E-state index contributed by atoms with van der Waals surface area (Å²) in [6.45, 7) is 2.04. The fraction of sp³-hybridized carbons (Fsp3) is 0.357. The Kier molecular flexibility index (Phi) is 5.34. The van der Waals surface area contributed by atoms with Crippen LogP contribution in [0.25, 0.3) is 0 Å². The highest BCUT2D eigenvalue weighted by Gasteiger charge is 2.18. The molecule has 0 aliphatic rings. The molecule has 1 heterocycles. The van der Waals surface area contributed by atoms with E-state index in [1.807, 2.05) is 36.9 Å². The molecule has 1 aromatic heterocycles. The SMILES string of the molecule is CCc1nn(C)c(CC(N)c2cc(Cl)ccc2I)c1Cl. The molecule has 0 aliphatic heterocycles. The fourth-order valence-corrected chi connectivity index (χ4v) is 3.45. The quantitative estimate of drug-likeness (QED) is 0.751. The number of benzene rings is 1. The van der Waals surface area contributed by atoms with Gasteiger partial charge in [0.15, 0.2) is 0 Å². The van der Waals surface area contributed by atoms with Crippen molar-refractivity contribution in [3.05, 3.63) is 48.8 Å². The van der Waals surface area contributed by atoms with Crippen LogP contribution < -0.4 is 5.73 Å². The standard InChI is InChI=1S/C14H16Cl2IN3/c1-3-12-14(16)13(20(2)19-12)7-11(18)9-6-8(15)4-5-10(9)17/h4-6,11H,3,7,18H2,1-2H3. The molecule has 0 aliphatic carbocycles. The largest absolute Gasteiger partial charge is 0.324 e. The third-order valence-corrected chi connectivity index (χ3v) is 4.93. The minimum atomic E-state index is -0.154. The maximum atomic E-state index is 6.37. The van der Waals surface area contributed by atoms with Crippen molar-refractivity contribution in [2.45, 2.75) is 25.8 Å². The lowest BCUT2D eigenvalue weighted by Gasteiger charge is -2.15. The Morgan fingerprint density at radius 2 is 2.10 bits per heavy atom. The van der Waals surface area contributed by atoms with Crippen LogP contribution in [0.15, 0.2) is 18.2 Å². The van der Waals surface area contributed by atoms with Crippen LogP contribution in [0.3, 0.4) is 0 Å². The summed E-state index contributed by atoms with van der Waals surface area (Å²) in [7, 11) is 1.90. The summed E-state index contributed by atoms with van der Waals surface area (Å²) in [5.74, 6) is 0. The van der Waals surface area contributed by atoms with Crippen molar-refractivity contribution in [3.8, 4) is 0 Å². The molecule has 1 aromatic carbocycles.